The van der Waals surface area contributed by atoms with Gasteiger partial charge in [-0.15, -0.1) is 0 Å². The number of hydrogen-bond donors (Lipinski definition) is 3. The van der Waals surface area contributed by atoms with Crippen LogP contribution in [-0.4, -0.2) is 55.1 Å². The van der Waals surface area contributed by atoms with E-state index in [0.717, 1.165) is 22.6 Å². The summed E-state index contributed by atoms with van der Waals surface area (Å²) < 4.78 is 59.6. The van der Waals surface area contributed by atoms with E-state index in [1.165, 1.54) is 25.2 Å². The number of pyridine rings is 1. The number of guanidine groups is 1. The lowest BCUT2D eigenvalue weighted by Crippen LogP contribution is -2.67. The third kappa shape index (κ3) is 3.08. The number of hydrogen-bond acceptors (Lipinski definition) is 6. The smallest absolute Gasteiger partial charge is 0.274 e. The number of nitrogens with one attached hydrogen (secondary N) is 3. The Morgan fingerprint density at radius 3 is 2.83 bits per heavy atom. The molecule has 2 atom stereocenters. The lowest BCUT2D eigenvalue weighted by Gasteiger charge is -2.43. The minimum absolute atomic E-state index is 0.0516. The van der Waals surface area contributed by atoms with Gasteiger partial charge in [0.15, 0.2) is 0 Å². The Morgan fingerprint density at radius 2 is 2.13 bits per heavy atom. The number of halogens is 2. The predicted molar refractivity (Wildman–Crippen MR) is 102 cm³/mol. The zero-order valence-electron chi connectivity index (χ0n) is 15.6. The van der Waals surface area contributed by atoms with Crippen molar-refractivity contribution in [2.45, 2.75) is 10.8 Å². The van der Waals surface area contributed by atoms with Crippen LogP contribution < -0.4 is 10.6 Å². The summed E-state index contributed by atoms with van der Waals surface area (Å²) in [5, 5.41) is 12.1. The van der Waals surface area contributed by atoms with Crippen LogP contribution in [0.3, 0.4) is 0 Å². The van der Waals surface area contributed by atoms with Crippen LogP contribution in [0.4, 0.5) is 14.5 Å². The fourth-order valence-corrected chi connectivity index (χ4v) is 5.31. The molecule has 4 rings (SSSR count). The highest BCUT2D eigenvalue weighted by Gasteiger charge is 2.59. The van der Waals surface area contributed by atoms with Crippen LogP contribution in [0.15, 0.2) is 36.5 Å². The van der Waals surface area contributed by atoms with E-state index in [1.807, 2.05) is 0 Å². The third-order valence-corrected chi connectivity index (χ3v) is 7.41. The Hall–Kier alpha value is -3.12. The van der Waals surface area contributed by atoms with Gasteiger partial charge in [-0.05, 0) is 30.3 Å². The van der Waals surface area contributed by atoms with Crippen LogP contribution in [0.5, 0.6) is 0 Å². The van der Waals surface area contributed by atoms with Crippen molar-refractivity contribution in [1.29, 1.82) is 5.41 Å². The number of aromatic nitrogens is 1. The van der Waals surface area contributed by atoms with Gasteiger partial charge in [0.05, 0.1) is 19.4 Å². The average molecular weight is 437 g/mol. The molecule has 30 heavy (non-hydrogen) atoms. The summed E-state index contributed by atoms with van der Waals surface area (Å²) in [5.41, 5.74) is -1.46. The molecule has 0 radical (unpaired) electrons. The van der Waals surface area contributed by atoms with Crippen molar-refractivity contribution in [3.8, 4) is 0 Å². The monoisotopic (exact) mass is 437 g/mol. The largest absolute Gasteiger partial charge is 0.377 e. The fraction of sp³-hybridized carbons (Fsp3) is 0.278. The Labute approximate surface area is 170 Å². The van der Waals surface area contributed by atoms with Gasteiger partial charge in [0.2, 0.25) is 16.0 Å². The number of anilines is 1. The van der Waals surface area contributed by atoms with Crippen LogP contribution in [0, 0.1) is 17.0 Å². The summed E-state index contributed by atoms with van der Waals surface area (Å²) in [4.78, 5) is 16.0. The van der Waals surface area contributed by atoms with Crippen molar-refractivity contribution in [1.82, 2.24) is 14.6 Å². The van der Waals surface area contributed by atoms with Crippen molar-refractivity contribution in [3.63, 3.8) is 0 Å². The molecule has 158 valence electrons. The van der Waals surface area contributed by atoms with Crippen molar-refractivity contribution >= 4 is 27.6 Å². The maximum atomic E-state index is 14.8. The molecule has 1 aromatic carbocycles. The molecule has 0 bridgehead atoms. The van der Waals surface area contributed by atoms with E-state index in [-0.39, 0.29) is 30.2 Å². The van der Waals surface area contributed by atoms with Gasteiger partial charge in [-0.25, -0.2) is 26.5 Å². The Kier molecular flexibility index (Phi) is 4.70. The summed E-state index contributed by atoms with van der Waals surface area (Å²) >= 11 is 0. The number of nitrogens with zero attached hydrogens (tertiary/aromatic N) is 2. The summed E-state index contributed by atoms with van der Waals surface area (Å²) in [6.07, 6.45) is 0.892. The molecule has 0 spiro atoms. The number of benzene rings is 1. The fourth-order valence-electron chi connectivity index (χ4n) is 3.60. The van der Waals surface area contributed by atoms with Gasteiger partial charge < -0.3 is 15.4 Å². The highest BCUT2D eigenvalue weighted by atomic mass is 32.2. The van der Waals surface area contributed by atoms with Gasteiger partial charge in [-0.3, -0.25) is 10.2 Å². The van der Waals surface area contributed by atoms with Gasteiger partial charge in [0.1, 0.15) is 28.1 Å². The molecule has 12 heteroatoms. The molecule has 3 N–H and O–H groups in total. The predicted octanol–water partition coefficient (Wildman–Crippen LogP) is 1.01. The second kappa shape index (κ2) is 6.99. The van der Waals surface area contributed by atoms with E-state index in [4.69, 9.17) is 10.1 Å². The Morgan fingerprint density at radius 1 is 1.37 bits per heavy atom. The van der Waals surface area contributed by atoms with Crippen LogP contribution >= 0.6 is 0 Å². The number of carbonyl (C=O) groups is 1. The zero-order valence-corrected chi connectivity index (χ0v) is 16.5. The SMILES string of the molecule is CN1C(=N)NC2(c3cc(NC(=O)c4ccc(F)cn4)ccc3F)COC[C@H]2S1(=O)=O. The van der Waals surface area contributed by atoms with Crippen LogP contribution in [0.25, 0.3) is 0 Å². The van der Waals surface area contributed by atoms with Gasteiger partial charge in [-0.1, -0.05) is 0 Å². The standard InChI is InChI=1S/C18H17F2N5O4S/c1-25-17(21)24-18(9-29-8-15(18)30(25,27)28)12-6-11(3-4-13(12)20)23-16(26)14-5-2-10(19)7-22-14/h2-7,15H,8-9H2,1H3,(H2,21,24)(H,23,26)/t15-,18?/m1/s1. The molecule has 0 saturated carbocycles. The van der Waals surface area contributed by atoms with E-state index >= 15 is 0 Å². The lowest BCUT2D eigenvalue weighted by molar-refractivity contribution is 0.102. The maximum Gasteiger partial charge on any atom is 0.274 e. The number of fused-ring (bicyclic) bond motifs is 1. The van der Waals surface area contributed by atoms with Gasteiger partial charge >= 0.3 is 0 Å². The van der Waals surface area contributed by atoms with Gasteiger partial charge in [0.25, 0.3) is 5.91 Å². The molecule has 1 aromatic heterocycles. The highest BCUT2D eigenvalue weighted by molar-refractivity contribution is 7.90. The van der Waals surface area contributed by atoms with E-state index in [0.29, 0.717) is 0 Å². The molecule has 2 fully saturated rings. The molecule has 2 aromatic rings. The molecule has 1 unspecified atom stereocenters. The first kappa shape index (κ1) is 20.2. The van der Waals surface area contributed by atoms with Crippen molar-refractivity contribution in [2.24, 2.45) is 0 Å². The molecule has 9 nitrogen and oxygen atoms in total. The van der Waals surface area contributed by atoms with E-state index in [9.17, 15) is 22.0 Å². The molecular weight excluding hydrogens is 420 g/mol. The van der Waals surface area contributed by atoms with Gasteiger partial charge in [0, 0.05) is 18.3 Å². The number of amides is 1. The molecule has 0 aliphatic carbocycles. The highest BCUT2D eigenvalue weighted by Crippen LogP contribution is 2.41. The molecular formula is C18H17F2N5O4S. The molecule has 2 saturated heterocycles. The average Bonchev–Trinajstić information content (AvgIpc) is 3.14. The summed E-state index contributed by atoms with van der Waals surface area (Å²) in [6, 6.07) is 5.96. The Balaban J connectivity index is 1.72. The first-order valence-electron chi connectivity index (χ1n) is 8.80. The Bertz CT molecular complexity index is 1140. The second-order valence-electron chi connectivity index (χ2n) is 6.97. The topological polar surface area (TPSA) is 124 Å². The van der Waals surface area contributed by atoms with Crippen molar-refractivity contribution in [2.75, 3.05) is 25.6 Å². The lowest BCUT2D eigenvalue weighted by atomic mass is 9.87. The van der Waals surface area contributed by atoms with Crippen LogP contribution in [-0.2, 0) is 20.3 Å². The summed E-state index contributed by atoms with van der Waals surface area (Å²) in [7, 11) is -2.74. The zero-order chi connectivity index (χ0) is 21.7. The minimum atomic E-state index is -3.97. The molecule has 2 aliphatic rings. The van der Waals surface area contributed by atoms with E-state index in [1.54, 1.807) is 0 Å². The van der Waals surface area contributed by atoms with Crippen molar-refractivity contribution in [3.05, 3.63) is 59.4 Å². The van der Waals surface area contributed by atoms with E-state index in [2.05, 4.69) is 15.6 Å². The maximum absolute atomic E-state index is 14.8. The third-order valence-electron chi connectivity index (χ3n) is 5.21. The number of ether oxygens (including phenoxy) is 1. The van der Waals surface area contributed by atoms with Crippen LogP contribution in [0.1, 0.15) is 16.1 Å². The number of rotatable bonds is 3. The minimum Gasteiger partial charge on any atom is -0.377 e. The summed E-state index contributed by atoms with van der Waals surface area (Å²) in [5.74, 6) is -2.38. The number of carbonyl (C=O) groups excluding carboxylic acids is 1. The normalized spacial score (nSPS) is 24.8. The molecule has 2 aliphatic heterocycles. The molecule has 3 heterocycles. The van der Waals surface area contributed by atoms with Crippen molar-refractivity contribution < 1.29 is 26.7 Å². The quantitative estimate of drug-likeness (QED) is 0.658. The molecule has 1 amide bonds. The summed E-state index contributed by atoms with van der Waals surface area (Å²) in [6.45, 7) is -0.358. The van der Waals surface area contributed by atoms with E-state index < -0.39 is 44.3 Å². The van der Waals surface area contributed by atoms with Crippen LogP contribution in [0.2, 0.25) is 0 Å². The van der Waals surface area contributed by atoms with Gasteiger partial charge in [-0.2, -0.15) is 0 Å². The number of sulfonamides is 1. The second-order valence-corrected chi connectivity index (χ2v) is 9.12. The first-order valence-corrected chi connectivity index (χ1v) is 10.3. The first-order chi connectivity index (χ1) is 14.1.